The molecule has 0 saturated heterocycles. The maximum absolute atomic E-state index is 6.35. The van der Waals surface area contributed by atoms with Gasteiger partial charge >= 0.3 is 7.48 Å². The van der Waals surface area contributed by atoms with Gasteiger partial charge in [0.15, 0.2) is 0 Å². The van der Waals surface area contributed by atoms with Crippen LogP contribution >= 0.6 is 0 Å². The van der Waals surface area contributed by atoms with Crippen LogP contribution in [-0.4, -0.2) is 17.7 Å². The van der Waals surface area contributed by atoms with E-state index in [9.17, 15) is 0 Å². The summed E-state index contributed by atoms with van der Waals surface area (Å²) >= 11 is 0. The van der Waals surface area contributed by atoms with E-state index in [4.69, 9.17) is 4.65 Å². The lowest BCUT2D eigenvalue weighted by Gasteiger charge is -2.39. The normalized spacial score (nSPS) is 12.6. The number of para-hydroxylation sites is 1. The van der Waals surface area contributed by atoms with Crippen molar-refractivity contribution in [1.82, 2.24) is 4.57 Å². The third-order valence-electron chi connectivity index (χ3n) is 8.98. The molecule has 1 radical (unpaired) electrons. The lowest BCUT2D eigenvalue weighted by atomic mass is 9.76. The summed E-state index contributed by atoms with van der Waals surface area (Å²) < 4.78 is 8.81. The van der Waals surface area contributed by atoms with E-state index in [0.29, 0.717) is 5.92 Å². The van der Waals surface area contributed by atoms with E-state index in [-0.39, 0.29) is 11.0 Å². The van der Waals surface area contributed by atoms with Crippen LogP contribution in [-0.2, 0) is 4.65 Å². The number of fused-ring (bicyclic) bond motifs is 4. The van der Waals surface area contributed by atoms with Crippen LogP contribution in [0.5, 0.6) is 0 Å². The minimum Gasteiger partial charge on any atom is -0.429 e. The first-order valence-electron chi connectivity index (χ1n) is 14.7. The molecule has 6 rings (SSSR count). The van der Waals surface area contributed by atoms with Crippen molar-refractivity contribution in [1.29, 1.82) is 0 Å². The van der Waals surface area contributed by atoms with Gasteiger partial charge in [-0.3, -0.25) is 0 Å². The van der Waals surface area contributed by atoms with Gasteiger partial charge in [-0.15, -0.1) is 0 Å². The highest BCUT2D eigenvalue weighted by atomic mass is 16.5. The van der Waals surface area contributed by atoms with Gasteiger partial charge in [0.2, 0.25) is 0 Å². The topological polar surface area (TPSA) is 14.2 Å². The number of rotatable bonds is 6. The van der Waals surface area contributed by atoms with E-state index < -0.39 is 0 Å². The molecule has 1 aromatic heterocycles. The second-order valence-electron chi connectivity index (χ2n) is 13.1. The van der Waals surface area contributed by atoms with Crippen LogP contribution in [0.2, 0.25) is 0 Å². The maximum Gasteiger partial charge on any atom is 0.330 e. The molecule has 0 spiro atoms. The highest BCUT2D eigenvalue weighted by molar-refractivity contribution is 6.47. The van der Waals surface area contributed by atoms with Crippen molar-refractivity contribution in [3.63, 3.8) is 0 Å². The van der Waals surface area contributed by atoms with Crippen molar-refractivity contribution >= 4 is 45.5 Å². The molecule has 0 aliphatic rings. The van der Waals surface area contributed by atoms with Crippen molar-refractivity contribution in [2.45, 2.75) is 60.0 Å². The summed E-state index contributed by atoms with van der Waals surface area (Å²) in [5.74, 6) is 0.339. The van der Waals surface area contributed by atoms with Crippen LogP contribution in [0.25, 0.3) is 49.4 Å². The zero-order valence-corrected chi connectivity index (χ0v) is 25.3. The second-order valence-corrected chi connectivity index (χ2v) is 13.1. The zero-order valence-electron chi connectivity index (χ0n) is 25.3. The van der Waals surface area contributed by atoms with Gasteiger partial charge in [-0.25, -0.2) is 0 Å². The summed E-state index contributed by atoms with van der Waals surface area (Å²) in [6.45, 7) is 15.5. The standard InChI is InChI=1S/C38H39BNO/c1-25(2)33-24-28(39-41-38(6,7)37(3,4)5)20-22-35(33)40-34-18-11-10-16-31(34)32-21-19-27(23-36(32)40)30-17-12-14-26-13-8-9-15-29(26)30/h8-25H,1-7H3. The van der Waals surface area contributed by atoms with Crippen molar-refractivity contribution in [3.8, 4) is 16.8 Å². The number of hydrogen-bond acceptors (Lipinski definition) is 1. The van der Waals surface area contributed by atoms with Crippen LogP contribution in [0.4, 0.5) is 0 Å². The Hall–Kier alpha value is -3.82. The Kier molecular flexibility index (Phi) is 6.82. The molecule has 0 fully saturated rings. The van der Waals surface area contributed by atoms with Crippen molar-refractivity contribution in [2.24, 2.45) is 5.41 Å². The average Bonchev–Trinajstić information content (AvgIpc) is 3.28. The smallest absolute Gasteiger partial charge is 0.330 e. The molecule has 6 aromatic rings. The molecule has 2 nitrogen and oxygen atoms in total. The summed E-state index contributed by atoms with van der Waals surface area (Å²) in [4.78, 5) is 0. The van der Waals surface area contributed by atoms with Crippen LogP contribution in [0.15, 0.2) is 103 Å². The number of hydrogen-bond donors (Lipinski definition) is 0. The van der Waals surface area contributed by atoms with Gasteiger partial charge in [-0.2, -0.15) is 0 Å². The molecule has 0 N–H and O–H groups in total. The monoisotopic (exact) mass is 536 g/mol. The van der Waals surface area contributed by atoms with E-state index in [1.807, 2.05) is 7.48 Å². The van der Waals surface area contributed by atoms with Crippen LogP contribution in [0.3, 0.4) is 0 Å². The fourth-order valence-corrected chi connectivity index (χ4v) is 5.58. The fraction of sp³-hybridized carbons (Fsp3) is 0.263. The third-order valence-corrected chi connectivity index (χ3v) is 8.98. The summed E-state index contributed by atoms with van der Waals surface area (Å²) in [6, 6.07) is 37.7. The fourth-order valence-electron chi connectivity index (χ4n) is 5.58. The van der Waals surface area contributed by atoms with Crippen molar-refractivity contribution < 1.29 is 4.65 Å². The minimum atomic E-state index is -0.283. The van der Waals surface area contributed by atoms with E-state index >= 15 is 0 Å². The Balaban J connectivity index is 1.53. The lowest BCUT2D eigenvalue weighted by Crippen LogP contribution is -2.42. The average molecular weight is 537 g/mol. The Bertz CT molecular complexity index is 1880. The van der Waals surface area contributed by atoms with Crippen molar-refractivity contribution in [2.75, 3.05) is 0 Å². The molecule has 0 saturated carbocycles. The maximum atomic E-state index is 6.35. The number of benzene rings is 5. The van der Waals surface area contributed by atoms with E-state index in [1.54, 1.807) is 0 Å². The molecule has 0 aliphatic carbocycles. The summed E-state index contributed by atoms with van der Waals surface area (Å²) in [6.07, 6.45) is 0. The van der Waals surface area contributed by atoms with E-state index in [0.717, 1.165) is 5.46 Å². The second kappa shape index (κ2) is 10.2. The van der Waals surface area contributed by atoms with Crippen LogP contribution in [0.1, 0.15) is 59.9 Å². The first-order valence-corrected chi connectivity index (χ1v) is 14.7. The highest BCUT2D eigenvalue weighted by Crippen LogP contribution is 2.38. The predicted octanol–water partition coefficient (Wildman–Crippen LogP) is 9.81. The molecule has 0 atom stereocenters. The van der Waals surface area contributed by atoms with Gasteiger partial charge in [0, 0.05) is 16.5 Å². The number of aromatic nitrogens is 1. The Morgan fingerprint density at radius 2 is 1.34 bits per heavy atom. The molecule has 3 heteroatoms. The SMILES string of the molecule is CC(C)c1cc([B]OC(C)(C)C(C)(C)C)ccc1-n1c2ccccc2c2ccc(-c3cccc4ccccc34)cc21. The lowest BCUT2D eigenvalue weighted by molar-refractivity contribution is 0.00504. The van der Waals surface area contributed by atoms with Crippen molar-refractivity contribution in [3.05, 3.63) is 109 Å². The van der Waals surface area contributed by atoms with Crippen LogP contribution in [0, 0.1) is 5.41 Å². The molecule has 0 unspecified atom stereocenters. The van der Waals surface area contributed by atoms with Gasteiger partial charge in [-0.05, 0) is 70.8 Å². The summed E-state index contributed by atoms with van der Waals surface area (Å²) in [7, 11) is 1.94. The minimum absolute atomic E-state index is 0.0229. The van der Waals surface area contributed by atoms with Crippen LogP contribution < -0.4 is 5.46 Å². The molecular formula is C38H39BNO. The molecule has 41 heavy (non-hydrogen) atoms. The first kappa shape index (κ1) is 27.4. The largest absolute Gasteiger partial charge is 0.429 e. The quantitative estimate of drug-likeness (QED) is 0.193. The Morgan fingerprint density at radius 1 is 0.659 bits per heavy atom. The molecule has 0 amide bonds. The molecular weight excluding hydrogens is 497 g/mol. The number of nitrogens with zero attached hydrogens (tertiary/aromatic N) is 1. The van der Waals surface area contributed by atoms with Gasteiger partial charge in [0.25, 0.3) is 0 Å². The first-order chi connectivity index (χ1) is 19.5. The Morgan fingerprint density at radius 3 is 2.10 bits per heavy atom. The summed E-state index contributed by atoms with van der Waals surface area (Å²) in [5, 5.41) is 5.08. The summed E-state index contributed by atoms with van der Waals surface area (Å²) in [5.41, 5.74) is 8.28. The zero-order chi connectivity index (χ0) is 28.9. The highest BCUT2D eigenvalue weighted by Gasteiger charge is 2.33. The van der Waals surface area contributed by atoms with E-state index in [1.165, 1.54) is 55.0 Å². The predicted molar refractivity (Wildman–Crippen MR) is 178 cm³/mol. The molecule has 205 valence electrons. The Labute approximate surface area is 245 Å². The molecule has 5 aromatic carbocycles. The molecule has 0 aliphatic heterocycles. The van der Waals surface area contributed by atoms with Gasteiger partial charge in [0.05, 0.1) is 16.6 Å². The molecule has 0 bridgehead atoms. The van der Waals surface area contributed by atoms with E-state index in [2.05, 4.69) is 156 Å². The van der Waals surface area contributed by atoms with Gasteiger partial charge < -0.3 is 9.22 Å². The van der Waals surface area contributed by atoms with Gasteiger partial charge in [-0.1, -0.05) is 125 Å². The van der Waals surface area contributed by atoms with Gasteiger partial charge in [0.1, 0.15) is 0 Å². The third kappa shape index (κ3) is 4.87. The molecule has 1 heterocycles.